The van der Waals surface area contributed by atoms with Crippen molar-refractivity contribution in [3.05, 3.63) is 29.1 Å². The fourth-order valence-corrected chi connectivity index (χ4v) is 4.06. The summed E-state index contributed by atoms with van der Waals surface area (Å²) in [5.74, 6) is -0.786. The number of carbonyl (C=O) groups is 1. The third-order valence-corrected chi connectivity index (χ3v) is 6.50. The molecule has 34 heavy (non-hydrogen) atoms. The van der Waals surface area contributed by atoms with Gasteiger partial charge in [0.05, 0.1) is 0 Å². The van der Waals surface area contributed by atoms with Crippen molar-refractivity contribution in [3.8, 4) is 0 Å². The minimum Gasteiger partial charge on any atom is -0.478 e. The highest BCUT2D eigenvalue weighted by molar-refractivity contribution is 6.29. The van der Waals surface area contributed by atoms with Crippen LogP contribution in [-0.4, -0.2) is 71.8 Å². The maximum Gasteiger partial charge on any atom is 0.397 e. The van der Waals surface area contributed by atoms with Gasteiger partial charge in [-0.15, -0.1) is 0 Å². The summed E-state index contributed by atoms with van der Waals surface area (Å²) in [5, 5.41) is 0.304. The standard InChI is InChI=1S/C21H20ClF4N5O3/c22-15-2-1-14-16(28-15)29-19(34-14)31-7-5-30(6-8-31)18(32)12-9-13(23)17(27-10-12)33-11-20(3-4-20)21(24,25)26/h1-2,10,13H,3-9,11H2. The molecule has 1 aliphatic carbocycles. The molecule has 0 bridgehead atoms. The van der Waals surface area contributed by atoms with Crippen LogP contribution in [0.5, 0.6) is 0 Å². The fourth-order valence-electron chi connectivity index (χ4n) is 3.92. The number of pyridine rings is 1. The van der Waals surface area contributed by atoms with E-state index in [2.05, 4.69) is 15.0 Å². The third kappa shape index (κ3) is 4.30. The maximum atomic E-state index is 14.5. The van der Waals surface area contributed by atoms with E-state index in [0.29, 0.717) is 48.6 Å². The van der Waals surface area contributed by atoms with Gasteiger partial charge in [0.25, 0.3) is 11.9 Å². The first-order chi connectivity index (χ1) is 16.1. The molecule has 1 saturated heterocycles. The fraction of sp³-hybridized carbons (Fsp3) is 0.524. The molecule has 2 fully saturated rings. The van der Waals surface area contributed by atoms with E-state index in [1.165, 1.54) is 6.20 Å². The van der Waals surface area contributed by atoms with Crippen molar-refractivity contribution < 1.29 is 31.5 Å². The molecular formula is C21H20ClF4N5O3. The van der Waals surface area contributed by atoms with Crippen molar-refractivity contribution in [1.29, 1.82) is 0 Å². The van der Waals surface area contributed by atoms with Crippen molar-refractivity contribution in [2.75, 3.05) is 37.7 Å². The number of aromatic nitrogens is 2. The van der Waals surface area contributed by atoms with Gasteiger partial charge in [-0.05, 0) is 25.0 Å². The van der Waals surface area contributed by atoms with E-state index in [1.54, 1.807) is 17.0 Å². The molecule has 1 saturated carbocycles. The molecule has 13 heteroatoms. The van der Waals surface area contributed by atoms with Gasteiger partial charge in [-0.1, -0.05) is 11.6 Å². The SMILES string of the molecule is O=C(C1=CN=C(OCC2(C(F)(F)F)CC2)C(F)C1)N1CCN(c2nc3nc(Cl)ccc3o2)CC1. The number of piperazine rings is 1. The number of rotatable bonds is 4. The minimum absolute atomic E-state index is 0.0416. The zero-order valence-corrected chi connectivity index (χ0v) is 18.6. The van der Waals surface area contributed by atoms with E-state index in [4.69, 9.17) is 20.8 Å². The lowest BCUT2D eigenvalue weighted by Crippen LogP contribution is -2.49. The molecule has 8 nitrogen and oxygen atoms in total. The van der Waals surface area contributed by atoms with Crippen molar-refractivity contribution >= 4 is 40.7 Å². The lowest BCUT2D eigenvalue weighted by Gasteiger charge is -2.34. The Labute approximate surface area is 196 Å². The van der Waals surface area contributed by atoms with Crippen LogP contribution in [0.3, 0.4) is 0 Å². The molecule has 3 aliphatic rings. The third-order valence-electron chi connectivity index (χ3n) is 6.29. The number of halogens is 5. The van der Waals surface area contributed by atoms with Gasteiger partial charge in [0.1, 0.15) is 17.2 Å². The van der Waals surface area contributed by atoms with Crippen molar-refractivity contribution in [2.45, 2.75) is 31.6 Å². The molecule has 0 spiro atoms. The number of anilines is 1. The summed E-state index contributed by atoms with van der Waals surface area (Å²) in [6, 6.07) is 3.65. The number of hydrogen-bond acceptors (Lipinski definition) is 7. The number of amides is 1. The molecule has 0 N–H and O–H groups in total. The highest BCUT2D eigenvalue weighted by atomic mass is 35.5. The van der Waals surface area contributed by atoms with Gasteiger partial charge in [0, 0.05) is 44.4 Å². The predicted molar refractivity (Wildman–Crippen MR) is 114 cm³/mol. The molecule has 1 atom stereocenters. The Morgan fingerprint density at radius 3 is 2.59 bits per heavy atom. The van der Waals surface area contributed by atoms with Crippen LogP contribution in [-0.2, 0) is 9.53 Å². The van der Waals surface area contributed by atoms with Gasteiger partial charge in [0.15, 0.2) is 11.8 Å². The predicted octanol–water partition coefficient (Wildman–Crippen LogP) is 3.91. The van der Waals surface area contributed by atoms with Gasteiger partial charge < -0.3 is 19.0 Å². The summed E-state index contributed by atoms with van der Waals surface area (Å²) in [6.45, 7) is 0.917. The normalized spacial score (nSPS) is 22.4. The molecule has 2 aromatic heterocycles. The van der Waals surface area contributed by atoms with Gasteiger partial charge in [-0.2, -0.15) is 18.2 Å². The Hall–Kier alpha value is -2.89. The topological polar surface area (TPSA) is 84.1 Å². The number of nitrogens with zero attached hydrogens (tertiary/aromatic N) is 5. The van der Waals surface area contributed by atoms with E-state index in [1.807, 2.05) is 4.90 Å². The number of alkyl halides is 4. The molecule has 2 aromatic rings. The second kappa shape index (κ2) is 8.40. The first kappa shape index (κ1) is 22.9. The van der Waals surface area contributed by atoms with Gasteiger partial charge >= 0.3 is 6.18 Å². The number of oxazole rings is 1. The second-order valence-corrected chi connectivity index (χ2v) is 8.98. The average Bonchev–Trinajstić information content (AvgIpc) is 3.50. The van der Waals surface area contributed by atoms with Crippen LogP contribution in [0.4, 0.5) is 23.6 Å². The molecule has 4 heterocycles. The van der Waals surface area contributed by atoms with E-state index in [9.17, 15) is 22.4 Å². The summed E-state index contributed by atoms with van der Waals surface area (Å²) in [7, 11) is 0. The second-order valence-electron chi connectivity index (χ2n) is 8.59. The van der Waals surface area contributed by atoms with Crippen molar-refractivity contribution in [3.63, 3.8) is 0 Å². The lowest BCUT2D eigenvalue weighted by molar-refractivity contribution is -0.195. The zero-order valence-electron chi connectivity index (χ0n) is 17.8. The number of ether oxygens (including phenoxy) is 1. The van der Waals surface area contributed by atoms with E-state index in [0.717, 1.165) is 0 Å². The van der Waals surface area contributed by atoms with Crippen LogP contribution in [0, 0.1) is 5.41 Å². The Kier molecular flexibility index (Phi) is 5.65. The van der Waals surface area contributed by atoms with Crippen molar-refractivity contribution in [2.24, 2.45) is 10.4 Å². The Balaban J connectivity index is 1.18. The first-order valence-corrected chi connectivity index (χ1v) is 11.1. The monoisotopic (exact) mass is 501 g/mol. The van der Waals surface area contributed by atoms with Crippen LogP contribution in [0.15, 0.2) is 33.3 Å². The van der Waals surface area contributed by atoms with Gasteiger partial charge in [-0.3, -0.25) is 4.79 Å². The van der Waals surface area contributed by atoms with E-state index >= 15 is 0 Å². The molecule has 0 radical (unpaired) electrons. The molecule has 1 amide bonds. The molecule has 2 aliphatic heterocycles. The van der Waals surface area contributed by atoms with Crippen LogP contribution in [0.2, 0.25) is 5.15 Å². The Morgan fingerprint density at radius 2 is 1.94 bits per heavy atom. The minimum atomic E-state index is -4.39. The molecule has 0 aromatic carbocycles. The lowest BCUT2D eigenvalue weighted by atomic mass is 10.1. The number of hydrogen-bond donors (Lipinski definition) is 0. The zero-order chi connectivity index (χ0) is 24.1. The average molecular weight is 502 g/mol. The summed E-state index contributed by atoms with van der Waals surface area (Å²) >= 11 is 5.87. The Morgan fingerprint density at radius 1 is 1.21 bits per heavy atom. The highest BCUT2D eigenvalue weighted by Gasteiger charge is 2.64. The molecule has 1 unspecified atom stereocenters. The number of fused-ring (bicyclic) bond motifs is 1. The summed E-state index contributed by atoms with van der Waals surface area (Å²) in [4.78, 5) is 28.5. The van der Waals surface area contributed by atoms with Crippen LogP contribution >= 0.6 is 11.6 Å². The summed E-state index contributed by atoms with van der Waals surface area (Å²) in [5.41, 5.74) is -0.879. The van der Waals surface area contributed by atoms with Gasteiger partial charge in [-0.25, -0.2) is 14.4 Å². The maximum absolute atomic E-state index is 14.5. The van der Waals surface area contributed by atoms with Gasteiger partial charge in [0.2, 0.25) is 11.5 Å². The molecular weight excluding hydrogens is 482 g/mol. The van der Waals surface area contributed by atoms with E-state index < -0.39 is 30.3 Å². The number of carbonyl (C=O) groups excluding carboxylic acids is 1. The van der Waals surface area contributed by atoms with Crippen LogP contribution < -0.4 is 4.90 Å². The van der Waals surface area contributed by atoms with E-state index in [-0.39, 0.29) is 30.7 Å². The number of aliphatic imine (C=N–C) groups is 1. The van der Waals surface area contributed by atoms with Crippen molar-refractivity contribution in [1.82, 2.24) is 14.9 Å². The first-order valence-electron chi connectivity index (χ1n) is 10.7. The molecule has 182 valence electrons. The summed E-state index contributed by atoms with van der Waals surface area (Å²) in [6.07, 6.45) is -5.36. The van der Waals surface area contributed by atoms with Crippen LogP contribution in [0.25, 0.3) is 11.2 Å². The van der Waals surface area contributed by atoms with Crippen LogP contribution in [0.1, 0.15) is 19.3 Å². The Bertz CT molecular complexity index is 1170. The summed E-state index contributed by atoms with van der Waals surface area (Å²) < 4.78 is 64.4. The quantitative estimate of drug-likeness (QED) is 0.466. The largest absolute Gasteiger partial charge is 0.478 e. The highest BCUT2D eigenvalue weighted by Crippen LogP contribution is 2.57. The molecule has 5 rings (SSSR count). The smallest absolute Gasteiger partial charge is 0.397 e.